The highest BCUT2D eigenvalue weighted by Crippen LogP contribution is 2.35. The predicted molar refractivity (Wildman–Crippen MR) is 102 cm³/mol. The minimum absolute atomic E-state index is 0.642. The minimum atomic E-state index is 0.642. The molecule has 1 aromatic heterocycles. The van der Waals surface area contributed by atoms with Crippen LogP contribution in [0.4, 0.5) is 11.5 Å². The van der Waals surface area contributed by atoms with Crippen LogP contribution < -0.4 is 14.8 Å². The van der Waals surface area contributed by atoms with E-state index in [2.05, 4.69) is 40.3 Å². The van der Waals surface area contributed by atoms with Crippen LogP contribution in [0.2, 0.25) is 0 Å². The Morgan fingerprint density at radius 3 is 2.23 bits per heavy atom. The Morgan fingerprint density at radius 2 is 1.54 bits per heavy atom. The number of anilines is 2. The van der Waals surface area contributed by atoms with Crippen molar-refractivity contribution in [3.05, 3.63) is 79.9 Å². The smallest absolute Gasteiger partial charge is 0.162 e. The molecule has 4 rings (SSSR count). The molecular weight excluding hydrogens is 326 g/mol. The van der Waals surface area contributed by atoms with E-state index in [-0.39, 0.29) is 0 Å². The lowest BCUT2D eigenvalue weighted by Gasteiger charge is -2.13. The van der Waals surface area contributed by atoms with Crippen molar-refractivity contribution in [2.45, 2.75) is 0 Å². The number of methoxy groups -OCH3 is 2. The Kier molecular flexibility index (Phi) is 4.61. The largest absolute Gasteiger partial charge is 0.493 e. The van der Waals surface area contributed by atoms with Gasteiger partial charge in [0.2, 0.25) is 0 Å². The first-order chi connectivity index (χ1) is 12.8. The zero-order chi connectivity index (χ0) is 17.9. The van der Waals surface area contributed by atoms with Gasteiger partial charge in [-0.25, -0.2) is 9.97 Å². The molecule has 0 amide bonds. The van der Waals surface area contributed by atoms with Gasteiger partial charge >= 0.3 is 0 Å². The van der Waals surface area contributed by atoms with Crippen molar-refractivity contribution in [2.75, 3.05) is 19.5 Å². The van der Waals surface area contributed by atoms with E-state index >= 15 is 0 Å². The van der Waals surface area contributed by atoms with Crippen LogP contribution in [0.15, 0.2) is 42.7 Å². The number of fused-ring (bicyclic) bond motifs is 1. The van der Waals surface area contributed by atoms with Gasteiger partial charge in [0.25, 0.3) is 0 Å². The fraction of sp³-hybridized carbons (Fsp3) is 0.0952. The van der Waals surface area contributed by atoms with E-state index in [1.807, 2.05) is 37.1 Å². The summed E-state index contributed by atoms with van der Waals surface area (Å²) in [6.45, 7) is 0. The van der Waals surface area contributed by atoms with Gasteiger partial charge in [-0.3, -0.25) is 0 Å². The summed E-state index contributed by atoms with van der Waals surface area (Å²) in [5.74, 6) is 3.21. The Hall–Kier alpha value is -2.82. The van der Waals surface area contributed by atoms with Gasteiger partial charge in [0.15, 0.2) is 11.5 Å². The van der Waals surface area contributed by atoms with Crippen LogP contribution in [0, 0.1) is 31.6 Å². The molecular formula is C21H18N3O2. The van der Waals surface area contributed by atoms with Gasteiger partial charge in [-0.2, -0.15) is 0 Å². The number of nitrogens with zero attached hydrogens (tertiary/aromatic N) is 2. The van der Waals surface area contributed by atoms with Gasteiger partial charge in [0, 0.05) is 23.1 Å². The first-order valence-electron chi connectivity index (χ1n) is 8.24. The van der Waals surface area contributed by atoms with Crippen molar-refractivity contribution < 1.29 is 9.47 Å². The van der Waals surface area contributed by atoms with Crippen molar-refractivity contribution in [3.63, 3.8) is 0 Å². The van der Waals surface area contributed by atoms with Gasteiger partial charge < -0.3 is 14.8 Å². The summed E-state index contributed by atoms with van der Waals surface area (Å²) < 4.78 is 10.7. The molecule has 5 radical (unpaired) electrons. The molecule has 1 aliphatic rings. The number of aromatic nitrogens is 2. The van der Waals surface area contributed by atoms with E-state index in [1.54, 1.807) is 14.2 Å². The fourth-order valence-electron chi connectivity index (χ4n) is 2.93. The SMILES string of the molecule is COc1cc2ncnc(Nc3ccc([C]4[CH][CH][CH][CH]4)cc3)c2cc1OC. The normalized spacial score (nSPS) is 14.5. The molecule has 26 heavy (non-hydrogen) atoms. The van der Waals surface area contributed by atoms with Crippen LogP contribution >= 0.6 is 0 Å². The lowest BCUT2D eigenvalue weighted by molar-refractivity contribution is 0.356. The van der Waals surface area contributed by atoms with Crippen LogP contribution in [-0.2, 0) is 0 Å². The van der Waals surface area contributed by atoms with Gasteiger partial charge in [-0.05, 0) is 49.4 Å². The van der Waals surface area contributed by atoms with Gasteiger partial charge in [-0.15, -0.1) is 0 Å². The standard InChI is InChI=1S/C21H18N3O2/c1-25-19-11-17-18(12-20(19)26-2)22-13-23-21(17)24-16-9-7-15(8-10-16)14-5-3-4-6-14/h3-13H,1-2H3,(H,22,23,24). The van der Waals surface area contributed by atoms with Gasteiger partial charge in [0.1, 0.15) is 12.1 Å². The molecule has 0 aliphatic heterocycles. The zero-order valence-electron chi connectivity index (χ0n) is 14.6. The Bertz CT molecular complexity index is 903. The summed E-state index contributed by atoms with van der Waals surface area (Å²) in [4.78, 5) is 8.72. The molecule has 5 nitrogen and oxygen atoms in total. The van der Waals surface area contributed by atoms with Crippen molar-refractivity contribution in [1.82, 2.24) is 9.97 Å². The molecule has 129 valence electrons. The summed E-state index contributed by atoms with van der Waals surface area (Å²) in [6, 6.07) is 12.0. The molecule has 0 bridgehead atoms. The van der Waals surface area contributed by atoms with Gasteiger partial charge in [0.05, 0.1) is 19.7 Å². The number of rotatable bonds is 5. The quantitative estimate of drug-likeness (QED) is 0.754. The number of hydrogen-bond acceptors (Lipinski definition) is 5. The second-order valence-corrected chi connectivity index (χ2v) is 5.82. The first-order valence-corrected chi connectivity index (χ1v) is 8.24. The number of benzene rings is 2. The average Bonchev–Trinajstić information content (AvgIpc) is 3.22. The van der Waals surface area contributed by atoms with Crippen LogP contribution in [0.25, 0.3) is 10.9 Å². The second-order valence-electron chi connectivity index (χ2n) is 5.82. The van der Waals surface area contributed by atoms with E-state index in [4.69, 9.17) is 9.47 Å². The molecule has 1 fully saturated rings. The third kappa shape index (κ3) is 3.17. The molecule has 3 aromatic rings. The third-order valence-electron chi connectivity index (χ3n) is 4.28. The predicted octanol–water partition coefficient (Wildman–Crippen LogP) is 4.14. The molecule has 1 aliphatic carbocycles. The molecule has 1 heterocycles. The van der Waals surface area contributed by atoms with Gasteiger partial charge in [-0.1, -0.05) is 12.1 Å². The van der Waals surface area contributed by atoms with E-state index in [1.165, 1.54) is 17.8 Å². The zero-order valence-corrected chi connectivity index (χ0v) is 14.6. The van der Waals surface area contributed by atoms with E-state index < -0.39 is 0 Å². The molecule has 1 N–H and O–H groups in total. The van der Waals surface area contributed by atoms with Crippen molar-refractivity contribution in [1.29, 1.82) is 0 Å². The highest BCUT2D eigenvalue weighted by atomic mass is 16.5. The average molecular weight is 344 g/mol. The van der Waals surface area contributed by atoms with Crippen LogP contribution in [-0.4, -0.2) is 24.2 Å². The summed E-state index contributed by atoms with van der Waals surface area (Å²) in [5, 5.41) is 4.23. The fourth-order valence-corrected chi connectivity index (χ4v) is 2.93. The molecule has 0 saturated heterocycles. The highest BCUT2D eigenvalue weighted by Gasteiger charge is 2.18. The maximum absolute atomic E-state index is 5.40. The van der Waals surface area contributed by atoms with Crippen LogP contribution in [0.1, 0.15) is 5.56 Å². The second kappa shape index (κ2) is 7.20. The van der Waals surface area contributed by atoms with Crippen LogP contribution in [0.3, 0.4) is 0 Å². The molecule has 1 saturated carbocycles. The molecule has 2 aromatic carbocycles. The summed E-state index contributed by atoms with van der Waals surface area (Å²) in [6.07, 6.45) is 9.81. The highest BCUT2D eigenvalue weighted by molar-refractivity contribution is 5.93. The number of ether oxygens (including phenoxy) is 2. The maximum atomic E-state index is 5.40. The van der Waals surface area contributed by atoms with Crippen LogP contribution in [0.5, 0.6) is 11.5 Å². The molecule has 0 spiro atoms. The number of nitrogens with one attached hydrogen (secondary N) is 1. The van der Waals surface area contributed by atoms with E-state index in [0.29, 0.717) is 11.5 Å². The number of hydrogen-bond donors (Lipinski definition) is 1. The molecule has 0 unspecified atom stereocenters. The Morgan fingerprint density at radius 1 is 0.846 bits per heavy atom. The van der Waals surface area contributed by atoms with Crippen molar-refractivity contribution in [3.8, 4) is 11.5 Å². The summed E-state index contributed by atoms with van der Waals surface area (Å²) in [5.41, 5.74) is 2.92. The lowest BCUT2D eigenvalue weighted by Crippen LogP contribution is -1.99. The Balaban J connectivity index is 1.64. The summed E-state index contributed by atoms with van der Waals surface area (Å²) >= 11 is 0. The third-order valence-corrected chi connectivity index (χ3v) is 4.28. The van der Waals surface area contributed by atoms with E-state index in [9.17, 15) is 0 Å². The van der Waals surface area contributed by atoms with E-state index in [0.717, 1.165) is 22.4 Å². The lowest BCUT2D eigenvalue weighted by atomic mass is 9.97. The molecule has 5 heteroatoms. The first kappa shape index (κ1) is 16.6. The topological polar surface area (TPSA) is 56.3 Å². The minimum Gasteiger partial charge on any atom is -0.493 e. The Labute approximate surface area is 153 Å². The molecule has 0 atom stereocenters. The monoisotopic (exact) mass is 344 g/mol. The van der Waals surface area contributed by atoms with Crippen molar-refractivity contribution >= 4 is 22.4 Å². The maximum Gasteiger partial charge on any atom is 0.162 e. The summed E-state index contributed by atoms with van der Waals surface area (Å²) in [7, 11) is 3.22. The van der Waals surface area contributed by atoms with Crippen molar-refractivity contribution in [2.24, 2.45) is 0 Å².